The van der Waals surface area contributed by atoms with Gasteiger partial charge >= 0.3 is 11.3 Å². The number of aliphatic carboxylic acids is 1. The van der Waals surface area contributed by atoms with Crippen LogP contribution < -0.4 is 0 Å². The molecular weight excluding hydrogens is 320 g/mol. The van der Waals surface area contributed by atoms with Gasteiger partial charge in [0.05, 0.1) is 0 Å². The molecule has 0 aliphatic carbocycles. The molecule has 2 atom stereocenters. The van der Waals surface area contributed by atoms with Crippen LogP contribution in [-0.4, -0.2) is 57.4 Å². The van der Waals surface area contributed by atoms with Crippen LogP contribution in [0, 0.1) is 16.0 Å². The second-order valence-electron chi connectivity index (χ2n) is 4.60. The standard InChI is InChI=1S/C11H16N2O8S/c1-7(5-22-11(17)20-6-21-13(18)19)9(14)12-4-2-3-8(12)10(15)16/h7-8H,2-6H2,1H3,(H,15,16)/t7-,8+/m1/s1. The van der Waals surface area contributed by atoms with Gasteiger partial charge in [0, 0.05) is 18.2 Å². The van der Waals surface area contributed by atoms with E-state index >= 15 is 0 Å². The molecule has 1 N–H and O–H groups in total. The lowest BCUT2D eigenvalue weighted by Gasteiger charge is -2.24. The van der Waals surface area contributed by atoms with Crippen LogP contribution in [0.25, 0.3) is 0 Å². The Morgan fingerprint density at radius 2 is 2.18 bits per heavy atom. The monoisotopic (exact) mass is 336 g/mol. The van der Waals surface area contributed by atoms with Gasteiger partial charge in [0.2, 0.25) is 12.7 Å². The molecule has 1 aliphatic rings. The molecular formula is C11H16N2O8S. The van der Waals surface area contributed by atoms with Gasteiger partial charge in [0.15, 0.2) is 0 Å². The Morgan fingerprint density at radius 1 is 1.50 bits per heavy atom. The Balaban J connectivity index is 2.36. The minimum absolute atomic E-state index is 0.0823. The molecule has 0 aromatic carbocycles. The van der Waals surface area contributed by atoms with Gasteiger partial charge in [0.1, 0.15) is 6.04 Å². The van der Waals surface area contributed by atoms with Crippen molar-refractivity contribution in [2.45, 2.75) is 25.8 Å². The fourth-order valence-corrected chi connectivity index (χ4v) is 2.65. The zero-order chi connectivity index (χ0) is 16.7. The fraction of sp³-hybridized carbons (Fsp3) is 0.727. The fourth-order valence-electron chi connectivity index (χ4n) is 1.99. The topological polar surface area (TPSA) is 136 Å². The van der Waals surface area contributed by atoms with Crippen LogP contribution in [-0.2, 0) is 19.2 Å². The average Bonchev–Trinajstić information content (AvgIpc) is 2.93. The minimum Gasteiger partial charge on any atom is -0.480 e. The first-order valence-corrected chi connectivity index (χ1v) is 7.41. The van der Waals surface area contributed by atoms with Crippen molar-refractivity contribution in [1.29, 1.82) is 0 Å². The largest absolute Gasteiger partial charge is 0.480 e. The second kappa shape index (κ2) is 8.41. The van der Waals surface area contributed by atoms with Gasteiger partial charge in [-0.15, -0.1) is 10.1 Å². The summed E-state index contributed by atoms with van der Waals surface area (Å²) < 4.78 is 4.41. The Labute approximate surface area is 129 Å². The van der Waals surface area contributed by atoms with E-state index in [9.17, 15) is 24.5 Å². The van der Waals surface area contributed by atoms with Gasteiger partial charge in [0.25, 0.3) is 5.09 Å². The Kier molecular flexibility index (Phi) is 6.89. The zero-order valence-electron chi connectivity index (χ0n) is 11.8. The lowest BCUT2D eigenvalue weighted by Crippen LogP contribution is -2.43. The minimum atomic E-state index is -1.09. The molecule has 1 heterocycles. The van der Waals surface area contributed by atoms with Gasteiger partial charge in [-0.3, -0.25) is 9.63 Å². The molecule has 11 heteroatoms. The summed E-state index contributed by atoms with van der Waals surface area (Å²) >= 11 is 0.674. The van der Waals surface area contributed by atoms with Gasteiger partial charge < -0.3 is 14.7 Å². The van der Waals surface area contributed by atoms with E-state index in [1.807, 2.05) is 0 Å². The maximum atomic E-state index is 12.2. The SMILES string of the molecule is C[C@H](CSC(=O)OCO[N+](=O)[O-])C(=O)N1CCC[C@H]1C(=O)O. The smallest absolute Gasteiger partial charge is 0.369 e. The molecule has 1 rings (SSSR count). The van der Waals surface area contributed by atoms with Crippen molar-refractivity contribution in [3.63, 3.8) is 0 Å². The van der Waals surface area contributed by atoms with E-state index < -0.39 is 35.1 Å². The van der Waals surface area contributed by atoms with E-state index in [1.165, 1.54) is 4.90 Å². The van der Waals surface area contributed by atoms with Crippen molar-refractivity contribution < 1.29 is 34.2 Å². The number of carbonyl (C=O) groups is 3. The van der Waals surface area contributed by atoms with Crippen molar-refractivity contribution in [3.05, 3.63) is 10.1 Å². The molecule has 0 radical (unpaired) electrons. The van der Waals surface area contributed by atoms with E-state index in [-0.39, 0.29) is 11.7 Å². The molecule has 0 aromatic rings. The highest BCUT2D eigenvalue weighted by atomic mass is 32.2. The second-order valence-corrected chi connectivity index (χ2v) is 5.56. The Bertz CT molecular complexity index is 457. The van der Waals surface area contributed by atoms with Crippen LogP contribution in [0.2, 0.25) is 0 Å². The summed E-state index contributed by atoms with van der Waals surface area (Å²) in [6.45, 7) is 1.15. The molecule has 0 saturated carbocycles. The molecule has 10 nitrogen and oxygen atoms in total. The first-order chi connectivity index (χ1) is 10.3. The summed E-state index contributed by atoms with van der Waals surface area (Å²) in [5.41, 5.74) is 0. The number of hydrogen-bond acceptors (Lipinski definition) is 8. The number of carboxylic acids is 1. The number of rotatable bonds is 7. The number of amides is 1. The number of likely N-dealkylation sites (tertiary alicyclic amines) is 1. The first kappa shape index (κ1) is 18.0. The van der Waals surface area contributed by atoms with E-state index in [2.05, 4.69) is 9.57 Å². The predicted octanol–water partition coefficient (Wildman–Crippen LogP) is 0.734. The van der Waals surface area contributed by atoms with Crippen molar-refractivity contribution in [2.24, 2.45) is 5.92 Å². The number of carboxylic acid groups (broad SMARTS) is 1. The summed E-state index contributed by atoms with van der Waals surface area (Å²) in [5, 5.41) is 17.0. The van der Waals surface area contributed by atoms with Crippen molar-refractivity contribution >= 4 is 28.9 Å². The molecule has 0 unspecified atom stereocenters. The van der Waals surface area contributed by atoms with Crippen LogP contribution in [0.4, 0.5) is 4.79 Å². The van der Waals surface area contributed by atoms with E-state index in [1.54, 1.807) is 6.92 Å². The molecule has 0 spiro atoms. The first-order valence-electron chi connectivity index (χ1n) is 6.43. The van der Waals surface area contributed by atoms with Gasteiger partial charge in [-0.25, -0.2) is 9.59 Å². The molecule has 22 heavy (non-hydrogen) atoms. The number of carbonyl (C=O) groups excluding carboxylic acids is 2. The molecule has 1 amide bonds. The highest BCUT2D eigenvalue weighted by Gasteiger charge is 2.35. The van der Waals surface area contributed by atoms with Crippen LogP contribution >= 0.6 is 11.8 Å². The highest BCUT2D eigenvalue weighted by Crippen LogP contribution is 2.22. The Hall–Kier alpha value is -2.04. The summed E-state index contributed by atoms with van der Waals surface area (Å²) in [5.74, 6) is -1.87. The quantitative estimate of drug-likeness (QED) is 0.309. The Morgan fingerprint density at radius 3 is 2.77 bits per heavy atom. The summed E-state index contributed by atoms with van der Waals surface area (Å²) in [4.78, 5) is 49.4. The maximum absolute atomic E-state index is 12.2. The third kappa shape index (κ3) is 5.39. The van der Waals surface area contributed by atoms with Crippen molar-refractivity contribution in [1.82, 2.24) is 4.90 Å². The molecule has 1 saturated heterocycles. The third-order valence-corrected chi connectivity index (χ3v) is 4.05. The maximum Gasteiger partial charge on any atom is 0.369 e. The summed E-state index contributed by atoms with van der Waals surface area (Å²) in [7, 11) is 0. The number of ether oxygens (including phenoxy) is 1. The van der Waals surface area contributed by atoms with Crippen molar-refractivity contribution in [2.75, 3.05) is 19.1 Å². The molecule has 124 valence electrons. The normalized spacial score (nSPS) is 18.6. The predicted molar refractivity (Wildman–Crippen MR) is 73.4 cm³/mol. The van der Waals surface area contributed by atoms with Crippen LogP contribution in [0.15, 0.2) is 0 Å². The lowest BCUT2D eigenvalue weighted by atomic mass is 10.1. The van der Waals surface area contributed by atoms with E-state index in [0.717, 1.165) is 0 Å². The number of nitrogens with zero attached hydrogens (tertiary/aromatic N) is 2. The van der Waals surface area contributed by atoms with Gasteiger partial charge in [-0.05, 0) is 24.6 Å². The summed E-state index contributed by atoms with van der Waals surface area (Å²) in [6, 6.07) is -0.819. The average molecular weight is 336 g/mol. The third-order valence-electron chi connectivity index (χ3n) is 3.03. The molecule has 0 bridgehead atoms. The van der Waals surface area contributed by atoms with Crippen LogP contribution in [0.1, 0.15) is 19.8 Å². The highest BCUT2D eigenvalue weighted by molar-refractivity contribution is 8.13. The molecule has 1 aliphatic heterocycles. The number of thioether (sulfide) groups is 1. The van der Waals surface area contributed by atoms with Crippen LogP contribution in [0.5, 0.6) is 0 Å². The van der Waals surface area contributed by atoms with Gasteiger partial charge in [-0.1, -0.05) is 6.92 Å². The zero-order valence-corrected chi connectivity index (χ0v) is 12.6. The number of hydrogen-bond donors (Lipinski definition) is 1. The van der Waals surface area contributed by atoms with E-state index in [0.29, 0.717) is 31.1 Å². The summed E-state index contributed by atoms with van der Waals surface area (Å²) in [6.07, 6.45) is 1.05. The van der Waals surface area contributed by atoms with Crippen molar-refractivity contribution in [3.8, 4) is 0 Å². The lowest BCUT2D eigenvalue weighted by molar-refractivity contribution is -0.765. The van der Waals surface area contributed by atoms with E-state index in [4.69, 9.17) is 5.11 Å². The van der Waals surface area contributed by atoms with Crippen LogP contribution in [0.3, 0.4) is 0 Å². The molecule has 1 fully saturated rings. The molecule has 0 aromatic heterocycles. The van der Waals surface area contributed by atoms with Gasteiger partial charge in [-0.2, -0.15) is 0 Å².